The molecule has 7 heteroatoms. The van der Waals surface area contributed by atoms with Gasteiger partial charge in [0, 0.05) is 10.6 Å². The van der Waals surface area contributed by atoms with Gasteiger partial charge in [0.15, 0.2) is 5.76 Å². The largest absolute Gasteiger partial charge is 0.459 e. The minimum absolute atomic E-state index is 0.0721. The summed E-state index contributed by atoms with van der Waals surface area (Å²) in [5.41, 5.74) is -0.197. The van der Waals surface area contributed by atoms with Crippen LogP contribution in [0.5, 0.6) is 0 Å². The van der Waals surface area contributed by atoms with Crippen molar-refractivity contribution in [3.05, 3.63) is 53.4 Å². The summed E-state index contributed by atoms with van der Waals surface area (Å²) in [6, 6.07) is 8.75. The summed E-state index contributed by atoms with van der Waals surface area (Å²) in [5, 5.41) is 0.510. The van der Waals surface area contributed by atoms with Crippen molar-refractivity contribution in [2.75, 3.05) is 4.90 Å². The fourth-order valence-corrected chi connectivity index (χ4v) is 3.33. The zero-order valence-corrected chi connectivity index (χ0v) is 16.2. The summed E-state index contributed by atoms with van der Waals surface area (Å²) in [6.45, 7) is 5.67. The van der Waals surface area contributed by atoms with Crippen molar-refractivity contribution in [1.29, 1.82) is 0 Å². The van der Waals surface area contributed by atoms with E-state index in [0.717, 1.165) is 4.90 Å². The average Bonchev–Trinajstić information content (AvgIpc) is 3.25. The van der Waals surface area contributed by atoms with Gasteiger partial charge in [0.25, 0.3) is 11.8 Å². The van der Waals surface area contributed by atoms with Gasteiger partial charge in [-0.3, -0.25) is 14.4 Å². The second-order valence-corrected chi connectivity index (χ2v) is 7.52. The van der Waals surface area contributed by atoms with Crippen molar-refractivity contribution < 1.29 is 18.8 Å². The number of hydrogen-bond donors (Lipinski definition) is 0. The van der Waals surface area contributed by atoms with Crippen LogP contribution in [0.25, 0.3) is 0 Å². The van der Waals surface area contributed by atoms with E-state index in [2.05, 4.69) is 0 Å². The number of nitrogens with zero attached hydrogens (tertiary/aromatic N) is 2. The van der Waals surface area contributed by atoms with E-state index in [4.69, 9.17) is 16.0 Å². The van der Waals surface area contributed by atoms with Crippen molar-refractivity contribution in [2.24, 2.45) is 0 Å². The maximum atomic E-state index is 13.1. The second kappa shape index (κ2) is 7.19. The van der Waals surface area contributed by atoms with E-state index in [1.807, 2.05) is 20.8 Å². The lowest BCUT2D eigenvalue weighted by Crippen LogP contribution is -2.55. The van der Waals surface area contributed by atoms with Gasteiger partial charge in [-0.15, -0.1) is 0 Å². The lowest BCUT2D eigenvalue weighted by molar-refractivity contribution is -0.123. The molecule has 1 aliphatic heterocycles. The summed E-state index contributed by atoms with van der Waals surface area (Å²) in [7, 11) is 0. The zero-order valence-electron chi connectivity index (χ0n) is 15.4. The summed E-state index contributed by atoms with van der Waals surface area (Å²) in [4.78, 5) is 41.4. The third-order valence-electron chi connectivity index (χ3n) is 4.99. The first kappa shape index (κ1) is 19.2. The Kier molecular flexibility index (Phi) is 5.11. The summed E-state index contributed by atoms with van der Waals surface area (Å²) in [5.74, 6) is -1.04. The van der Waals surface area contributed by atoms with Gasteiger partial charge in [0.05, 0.1) is 18.4 Å². The van der Waals surface area contributed by atoms with E-state index in [9.17, 15) is 14.4 Å². The first-order valence-corrected chi connectivity index (χ1v) is 9.13. The topological polar surface area (TPSA) is 70.8 Å². The fraction of sp³-hybridized carbons (Fsp3) is 0.350. The Morgan fingerprint density at radius 1 is 1.26 bits per heavy atom. The Hall–Kier alpha value is -2.60. The fourth-order valence-electron chi connectivity index (χ4n) is 3.21. The minimum Gasteiger partial charge on any atom is -0.459 e. The van der Waals surface area contributed by atoms with E-state index in [1.165, 1.54) is 11.2 Å². The standard InChI is InChI=1S/C20H21ClN2O4/c1-4-20(2,3)23(19(26)16-6-5-11-27-16)15-12-17(24)22(18(15)25)14-9-7-13(21)8-10-14/h5-11,15H,4,12H2,1-3H3. The number of carbonyl (C=O) groups excluding carboxylic acids is 3. The summed E-state index contributed by atoms with van der Waals surface area (Å²) in [6.07, 6.45) is 1.95. The lowest BCUT2D eigenvalue weighted by atomic mass is 9.95. The van der Waals surface area contributed by atoms with Gasteiger partial charge < -0.3 is 9.32 Å². The van der Waals surface area contributed by atoms with E-state index < -0.39 is 23.4 Å². The Morgan fingerprint density at radius 2 is 1.93 bits per heavy atom. The molecule has 142 valence electrons. The Morgan fingerprint density at radius 3 is 2.48 bits per heavy atom. The van der Waals surface area contributed by atoms with Crippen molar-refractivity contribution in [3.8, 4) is 0 Å². The Balaban J connectivity index is 1.98. The molecule has 2 heterocycles. The second-order valence-electron chi connectivity index (χ2n) is 7.08. The molecule has 1 aromatic heterocycles. The summed E-state index contributed by atoms with van der Waals surface area (Å²) >= 11 is 5.90. The molecular weight excluding hydrogens is 368 g/mol. The highest BCUT2D eigenvalue weighted by molar-refractivity contribution is 6.31. The maximum Gasteiger partial charge on any atom is 0.290 e. The number of imide groups is 1. The quantitative estimate of drug-likeness (QED) is 0.728. The average molecular weight is 389 g/mol. The molecule has 6 nitrogen and oxygen atoms in total. The molecule has 3 amide bonds. The smallest absolute Gasteiger partial charge is 0.290 e. The SMILES string of the molecule is CCC(C)(C)N(C(=O)c1ccco1)C1CC(=O)N(c2ccc(Cl)cc2)C1=O. The molecule has 0 N–H and O–H groups in total. The van der Waals surface area contributed by atoms with Crippen LogP contribution in [0, 0.1) is 0 Å². The van der Waals surface area contributed by atoms with Crippen LogP contribution < -0.4 is 4.90 Å². The molecule has 2 aromatic rings. The normalized spacial score (nSPS) is 17.5. The molecule has 0 saturated carbocycles. The molecule has 0 bridgehead atoms. The number of anilines is 1. The maximum absolute atomic E-state index is 13.1. The number of benzene rings is 1. The highest BCUT2D eigenvalue weighted by Crippen LogP contribution is 2.32. The molecule has 1 fully saturated rings. The van der Waals surface area contributed by atoms with Gasteiger partial charge in [-0.05, 0) is 56.7 Å². The van der Waals surface area contributed by atoms with Crippen LogP contribution in [-0.4, -0.2) is 34.2 Å². The van der Waals surface area contributed by atoms with Gasteiger partial charge in [0.2, 0.25) is 5.91 Å². The molecule has 0 radical (unpaired) electrons. The lowest BCUT2D eigenvalue weighted by Gasteiger charge is -2.40. The monoisotopic (exact) mass is 388 g/mol. The Bertz CT molecular complexity index is 859. The van der Waals surface area contributed by atoms with E-state index in [-0.39, 0.29) is 18.1 Å². The molecular formula is C20H21ClN2O4. The minimum atomic E-state index is -0.888. The molecule has 0 spiro atoms. The summed E-state index contributed by atoms with van der Waals surface area (Å²) < 4.78 is 5.25. The van der Waals surface area contributed by atoms with Gasteiger partial charge in [-0.2, -0.15) is 0 Å². The molecule has 1 atom stereocenters. The molecule has 1 saturated heterocycles. The highest BCUT2D eigenvalue weighted by Gasteiger charge is 2.48. The van der Waals surface area contributed by atoms with E-state index in [0.29, 0.717) is 17.1 Å². The van der Waals surface area contributed by atoms with Gasteiger partial charge in [0.1, 0.15) is 6.04 Å². The van der Waals surface area contributed by atoms with Crippen LogP contribution in [0.1, 0.15) is 44.2 Å². The van der Waals surface area contributed by atoms with Gasteiger partial charge in [-0.25, -0.2) is 4.90 Å². The van der Waals surface area contributed by atoms with Crippen LogP contribution in [0.15, 0.2) is 47.1 Å². The van der Waals surface area contributed by atoms with Crippen LogP contribution in [0.3, 0.4) is 0 Å². The number of rotatable bonds is 5. The molecule has 1 aromatic carbocycles. The van der Waals surface area contributed by atoms with Gasteiger partial charge in [-0.1, -0.05) is 18.5 Å². The first-order chi connectivity index (χ1) is 12.8. The van der Waals surface area contributed by atoms with E-state index in [1.54, 1.807) is 36.4 Å². The molecule has 3 rings (SSSR count). The van der Waals surface area contributed by atoms with Crippen molar-refractivity contribution in [3.63, 3.8) is 0 Å². The molecule has 27 heavy (non-hydrogen) atoms. The number of amides is 3. The van der Waals surface area contributed by atoms with Crippen molar-refractivity contribution in [1.82, 2.24) is 4.90 Å². The molecule has 1 unspecified atom stereocenters. The number of hydrogen-bond acceptors (Lipinski definition) is 4. The van der Waals surface area contributed by atoms with E-state index >= 15 is 0 Å². The van der Waals surface area contributed by atoms with Crippen molar-refractivity contribution >= 4 is 35.0 Å². The predicted octanol–water partition coefficient (Wildman–Crippen LogP) is 3.90. The third-order valence-corrected chi connectivity index (χ3v) is 5.24. The number of carbonyl (C=O) groups is 3. The van der Waals surface area contributed by atoms with Crippen molar-refractivity contribution in [2.45, 2.75) is 45.2 Å². The third kappa shape index (κ3) is 3.49. The first-order valence-electron chi connectivity index (χ1n) is 8.76. The van der Waals surface area contributed by atoms with Crippen LogP contribution in [0.2, 0.25) is 5.02 Å². The molecule has 1 aliphatic rings. The van der Waals surface area contributed by atoms with Crippen LogP contribution in [0.4, 0.5) is 5.69 Å². The number of halogens is 1. The predicted molar refractivity (Wildman–Crippen MR) is 102 cm³/mol. The van der Waals surface area contributed by atoms with Gasteiger partial charge >= 0.3 is 0 Å². The highest BCUT2D eigenvalue weighted by atomic mass is 35.5. The molecule has 0 aliphatic carbocycles. The van der Waals surface area contributed by atoms with Crippen LogP contribution >= 0.6 is 11.6 Å². The number of furan rings is 1. The van der Waals surface area contributed by atoms with Crippen LogP contribution in [-0.2, 0) is 9.59 Å². The zero-order chi connectivity index (χ0) is 19.8. The Labute approximate surface area is 162 Å².